The van der Waals surface area contributed by atoms with E-state index in [-0.39, 0.29) is 23.5 Å². The van der Waals surface area contributed by atoms with Gasteiger partial charge in [-0.2, -0.15) is 0 Å². The largest absolute Gasteiger partial charge is 0.494 e. The number of amides is 1. The van der Waals surface area contributed by atoms with Crippen LogP contribution in [0.25, 0.3) is 0 Å². The Bertz CT molecular complexity index is 474. The van der Waals surface area contributed by atoms with Crippen molar-refractivity contribution in [3.63, 3.8) is 0 Å². The van der Waals surface area contributed by atoms with E-state index in [0.717, 1.165) is 38.5 Å². The average molecular weight is 319 g/mol. The van der Waals surface area contributed by atoms with Crippen molar-refractivity contribution in [2.75, 3.05) is 0 Å². The Kier molecular flexibility index (Phi) is 5.94. The number of hydrogen-bond donors (Lipinski definition) is 1. The van der Waals surface area contributed by atoms with Crippen molar-refractivity contribution in [2.45, 2.75) is 85.3 Å². The molecule has 0 bridgehead atoms. The zero-order valence-corrected chi connectivity index (χ0v) is 15.4. The minimum absolute atomic E-state index is 0.137. The fourth-order valence-corrected chi connectivity index (χ4v) is 3.26. The second-order valence-corrected chi connectivity index (χ2v) is 7.96. The molecule has 130 valence electrons. The van der Waals surface area contributed by atoms with Crippen molar-refractivity contribution >= 4 is 5.91 Å². The van der Waals surface area contributed by atoms with Crippen LogP contribution in [0.5, 0.6) is 0 Å². The second kappa shape index (κ2) is 7.55. The predicted molar refractivity (Wildman–Crippen MR) is 95.0 cm³/mol. The van der Waals surface area contributed by atoms with Crippen LogP contribution in [0, 0.1) is 11.3 Å². The van der Waals surface area contributed by atoms with Crippen LogP contribution in [0.15, 0.2) is 23.5 Å². The summed E-state index contributed by atoms with van der Waals surface area (Å²) in [6.45, 7) is 10.4. The molecular formula is C20H33NO2. The molecule has 0 aromatic heterocycles. The molecule has 1 N–H and O–H groups in total. The van der Waals surface area contributed by atoms with Gasteiger partial charge >= 0.3 is 0 Å². The van der Waals surface area contributed by atoms with E-state index in [9.17, 15) is 4.79 Å². The Labute approximate surface area is 141 Å². The van der Waals surface area contributed by atoms with Gasteiger partial charge in [-0.1, -0.05) is 46.8 Å². The quantitative estimate of drug-likeness (QED) is 0.768. The first kappa shape index (κ1) is 18.1. The normalized spacial score (nSPS) is 24.6. The molecule has 1 saturated carbocycles. The van der Waals surface area contributed by atoms with Crippen molar-refractivity contribution in [3.8, 4) is 0 Å². The van der Waals surface area contributed by atoms with Crippen LogP contribution in [0.3, 0.4) is 0 Å². The lowest BCUT2D eigenvalue weighted by atomic mass is 9.86. The van der Waals surface area contributed by atoms with Crippen LogP contribution >= 0.6 is 0 Å². The van der Waals surface area contributed by atoms with E-state index in [0.29, 0.717) is 5.92 Å². The molecular weight excluding hydrogens is 286 g/mol. The molecule has 2 aliphatic carbocycles. The fourth-order valence-electron chi connectivity index (χ4n) is 3.26. The van der Waals surface area contributed by atoms with Gasteiger partial charge in [0, 0.05) is 30.7 Å². The maximum atomic E-state index is 12.0. The van der Waals surface area contributed by atoms with E-state index in [1.165, 1.54) is 11.3 Å². The summed E-state index contributed by atoms with van der Waals surface area (Å²) in [5.41, 5.74) is 1.09. The molecule has 2 rings (SSSR count). The molecule has 3 nitrogen and oxygen atoms in total. The molecule has 0 heterocycles. The summed E-state index contributed by atoms with van der Waals surface area (Å²) in [5.74, 6) is 1.95. The number of nitrogens with one attached hydrogen (secondary N) is 1. The number of hydrogen-bond acceptors (Lipinski definition) is 2. The molecule has 0 aromatic rings. The summed E-state index contributed by atoms with van der Waals surface area (Å²) >= 11 is 0. The Hall–Kier alpha value is -1.25. The molecule has 1 amide bonds. The molecule has 23 heavy (non-hydrogen) atoms. The summed E-state index contributed by atoms with van der Waals surface area (Å²) < 4.78 is 6.30. The molecule has 0 atom stereocenters. The van der Waals surface area contributed by atoms with Crippen molar-refractivity contribution in [1.29, 1.82) is 0 Å². The standard InChI is InChI=1S/C20H33NO2/c1-6-14(7-2)17-10-8-9-11-18(17)23-16-12-15(13-16)21-19(22)20(3,4)5/h8,10,14-16H,6-7,9,11-13H2,1-5H3,(H,21,22). The molecule has 3 heteroatoms. The highest BCUT2D eigenvalue weighted by molar-refractivity contribution is 5.81. The molecule has 0 saturated heterocycles. The van der Waals surface area contributed by atoms with E-state index >= 15 is 0 Å². The first-order chi connectivity index (χ1) is 10.8. The van der Waals surface area contributed by atoms with Crippen molar-refractivity contribution in [1.82, 2.24) is 5.32 Å². The van der Waals surface area contributed by atoms with E-state index in [4.69, 9.17) is 4.74 Å². The van der Waals surface area contributed by atoms with E-state index < -0.39 is 0 Å². The van der Waals surface area contributed by atoms with E-state index in [1.807, 2.05) is 20.8 Å². The molecule has 1 fully saturated rings. The minimum Gasteiger partial charge on any atom is -0.494 e. The minimum atomic E-state index is -0.314. The van der Waals surface area contributed by atoms with Gasteiger partial charge in [-0.15, -0.1) is 0 Å². The third kappa shape index (κ3) is 4.62. The number of carbonyl (C=O) groups is 1. The van der Waals surface area contributed by atoms with Crippen molar-refractivity contribution in [3.05, 3.63) is 23.5 Å². The predicted octanol–water partition coefficient (Wildman–Crippen LogP) is 4.74. The molecule has 0 radical (unpaired) electrons. The van der Waals surface area contributed by atoms with Crippen LogP contribution in [0.1, 0.15) is 73.1 Å². The highest BCUT2D eigenvalue weighted by atomic mass is 16.5. The van der Waals surface area contributed by atoms with Gasteiger partial charge in [0.15, 0.2) is 0 Å². The van der Waals surface area contributed by atoms with Gasteiger partial charge in [-0.25, -0.2) is 0 Å². The lowest BCUT2D eigenvalue weighted by Gasteiger charge is -2.38. The Morgan fingerprint density at radius 3 is 2.52 bits per heavy atom. The van der Waals surface area contributed by atoms with Gasteiger partial charge in [0.05, 0.1) is 0 Å². The van der Waals surface area contributed by atoms with Gasteiger partial charge in [-0.3, -0.25) is 4.79 Å². The van der Waals surface area contributed by atoms with Crippen LogP contribution in [-0.4, -0.2) is 18.1 Å². The third-order valence-electron chi connectivity index (χ3n) is 5.00. The topological polar surface area (TPSA) is 38.3 Å². The van der Waals surface area contributed by atoms with Gasteiger partial charge in [0.25, 0.3) is 0 Å². The van der Waals surface area contributed by atoms with Crippen LogP contribution in [-0.2, 0) is 9.53 Å². The number of rotatable bonds is 6. The number of carbonyl (C=O) groups excluding carboxylic acids is 1. The first-order valence-corrected chi connectivity index (χ1v) is 9.22. The maximum Gasteiger partial charge on any atom is 0.225 e. The smallest absolute Gasteiger partial charge is 0.225 e. The van der Waals surface area contributed by atoms with Gasteiger partial charge < -0.3 is 10.1 Å². The van der Waals surface area contributed by atoms with Crippen molar-refractivity contribution in [2.24, 2.45) is 11.3 Å². The van der Waals surface area contributed by atoms with Gasteiger partial charge in [-0.05, 0) is 30.8 Å². The molecule has 0 spiro atoms. The molecule has 2 aliphatic rings. The monoisotopic (exact) mass is 319 g/mol. The Morgan fingerprint density at radius 2 is 1.96 bits per heavy atom. The summed E-state index contributed by atoms with van der Waals surface area (Å²) in [4.78, 5) is 12.0. The Balaban J connectivity index is 1.88. The summed E-state index contributed by atoms with van der Waals surface area (Å²) in [6, 6.07) is 0.281. The van der Waals surface area contributed by atoms with E-state index in [2.05, 4.69) is 31.3 Å². The third-order valence-corrected chi connectivity index (χ3v) is 5.00. The summed E-state index contributed by atoms with van der Waals surface area (Å²) in [6.07, 6.45) is 11.1. The zero-order chi connectivity index (χ0) is 17.0. The Morgan fingerprint density at radius 1 is 1.30 bits per heavy atom. The SMILES string of the molecule is CCC(CC)C1=C(OC2CC(NC(=O)C(C)(C)C)C2)CCC=C1. The highest BCUT2D eigenvalue weighted by Gasteiger charge is 2.35. The van der Waals surface area contributed by atoms with Gasteiger partial charge in [0.1, 0.15) is 11.9 Å². The number of allylic oxidation sites excluding steroid dienone is 4. The van der Waals surface area contributed by atoms with Crippen molar-refractivity contribution < 1.29 is 9.53 Å². The van der Waals surface area contributed by atoms with Crippen LogP contribution < -0.4 is 5.32 Å². The molecule has 0 aromatic carbocycles. The zero-order valence-electron chi connectivity index (χ0n) is 15.4. The second-order valence-electron chi connectivity index (χ2n) is 7.96. The maximum absolute atomic E-state index is 12.0. The lowest BCUT2D eigenvalue weighted by Crippen LogP contribution is -2.50. The van der Waals surface area contributed by atoms with E-state index in [1.54, 1.807) is 0 Å². The molecule has 0 unspecified atom stereocenters. The average Bonchev–Trinajstić information content (AvgIpc) is 2.46. The molecule has 0 aliphatic heterocycles. The fraction of sp³-hybridized carbons (Fsp3) is 0.750. The first-order valence-electron chi connectivity index (χ1n) is 9.22. The van der Waals surface area contributed by atoms with Crippen LogP contribution in [0.2, 0.25) is 0 Å². The lowest BCUT2D eigenvalue weighted by molar-refractivity contribution is -0.130. The highest BCUT2D eigenvalue weighted by Crippen LogP contribution is 2.34. The summed E-state index contributed by atoms with van der Waals surface area (Å²) in [5, 5.41) is 3.13. The van der Waals surface area contributed by atoms with Crippen LogP contribution in [0.4, 0.5) is 0 Å². The summed E-state index contributed by atoms with van der Waals surface area (Å²) in [7, 11) is 0. The number of ether oxygens (including phenoxy) is 1. The van der Waals surface area contributed by atoms with Gasteiger partial charge in [0.2, 0.25) is 5.91 Å².